The number of nitrogens with one attached hydrogen (secondary N) is 1. The molecular weight excluding hydrogens is 313 g/mol. The molecule has 0 aromatic heterocycles. The van der Waals surface area contributed by atoms with Gasteiger partial charge in [-0.1, -0.05) is 19.9 Å². The molecule has 5 heteroatoms. The average molecular weight is 339 g/mol. The van der Waals surface area contributed by atoms with Crippen molar-refractivity contribution in [3.63, 3.8) is 0 Å². The summed E-state index contributed by atoms with van der Waals surface area (Å²) in [6.45, 7) is 5.73. The highest BCUT2D eigenvalue weighted by atomic mass is 32.1. The lowest BCUT2D eigenvalue weighted by atomic mass is 9.89. The zero-order valence-electron chi connectivity index (χ0n) is 14.0. The van der Waals surface area contributed by atoms with Gasteiger partial charge in [0.05, 0.1) is 0 Å². The molecule has 1 aromatic carbocycles. The van der Waals surface area contributed by atoms with Crippen molar-refractivity contribution in [3.05, 3.63) is 29.6 Å². The molecule has 0 heterocycles. The highest BCUT2D eigenvalue weighted by Crippen LogP contribution is 2.28. The maximum absolute atomic E-state index is 14.1. The Labute approximate surface area is 143 Å². The zero-order chi connectivity index (χ0) is 17.0. The van der Waals surface area contributed by atoms with Gasteiger partial charge < -0.3 is 10.1 Å². The average Bonchev–Trinajstić information content (AvgIpc) is 2.43. The van der Waals surface area contributed by atoms with Crippen LogP contribution in [0.1, 0.15) is 45.6 Å². The van der Waals surface area contributed by atoms with Gasteiger partial charge in [0.15, 0.2) is 0 Å². The van der Waals surface area contributed by atoms with Crippen LogP contribution in [0.4, 0.5) is 4.39 Å². The number of benzene rings is 1. The summed E-state index contributed by atoms with van der Waals surface area (Å²) >= 11 is 4.30. The maximum atomic E-state index is 14.1. The highest BCUT2D eigenvalue weighted by Gasteiger charge is 2.31. The number of ketones is 1. The Morgan fingerprint density at radius 1 is 1.39 bits per heavy atom. The maximum Gasteiger partial charge on any atom is 0.135 e. The molecule has 1 unspecified atom stereocenters. The fraction of sp³-hybridized carbons (Fsp3) is 0.611. The van der Waals surface area contributed by atoms with Gasteiger partial charge in [-0.05, 0) is 37.8 Å². The van der Waals surface area contributed by atoms with E-state index in [4.69, 9.17) is 4.74 Å². The van der Waals surface area contributed by atoms with Crippen LogP contribution in [-0.4, -0.2) is 23.3 Å². The molecule has 0 aliphatic heterocycles. The van der Waals surface area contributed by atoms with Crippen LogP contribution in [-0.2, 0) is 11.2 Å². The van der Waals surface area contributed by atoms with Crippen LogP contribution in [0.3, 0.4) is 0 Å². The van der Waals surface area contributed by atoms with Gasteiger partial charge in [-0.15, -0.1) is 0 Å². The van der Waals surface area contributed by atoms with Crippen LogP contribution in [0.25, 0.3) is 0 Å². The Balaban J connectivity index is 1.82. The number of thiol groups is 1. The molecule has 1 fully saturated rings. The minimum absolute atomic E-state index is 0.000752. The SMILES string of the molecule is CC(S)NC1CC(Oc2ccc(CCC(=O)C(C)C)c(F)c2)C1. The van der Waals surface area contributed by atoms with Crippen LogP contribution in [0.15, 0.2) is 18.2 Å². The number of ether oxygens (including phenoxy) is 1. The van der Waals surface area contributed by atoms with Gasteiger partial charge in [0.25, 0.3) is 0 Å². The third kappa shape index (κ3) is 5.50. The Hall–Kier alpha value is -1.07. The minimum Gasteiger partial charge on any atom is -0.490 e. The second-order valence-electron chi connectivity index (χ2n) is 6.63. The lowest BCUT2D eigenvalue weighted by Crippen LogP contribution is -2.48. The summed E-state index contributed by atoms with van der Waals surface area (Å²) < 4.78 is 19.9. The second-order valence-corrected chi connectivity index (χ2v) is 7.40. The fourth-order valence-corrected chi connectivity index (χ4v) is 2.89. The van der Waals surface area contributed by atoms with E-state index in [0.717, 1.165) is 12.8 Å². The van der Waals surface area contributed by atoms with E-state index in [9.17, 15) is 9.18 Å². The van der Waals surface area contributed by atoms with Crippen molar-refractivity contribution in [2.75, 3.05) is 0 Å². The first kappa shape index (κ1) is 18.3. The van der Waals surface area contributed by atoms with Crippen LogP contribution in [0.2, 0.25) is 0 Å². The molecule has 1 saturated carbocycles. The number of carbonyl (C=O) groups excluding carboxylic acids is 1. The largest absolute Gasteiger partial charge is 0.490 e. The summed E-state index contributed by atoms with van der Waals surface area (Å²) in [7, 11) is 0. The van der Waals surface area contributed by atoms with E-state index in [2.05, 4.69) is 17.9 Å². The molecule has 0 radical (unpaired) electrons. The van der Waals surface area contributed by atoms with Gasteiger partial charge in [0.2, 0.25) is 0 Å². The molecule has 1 aromatic rings. The monoisotopic (exact) mass is 339 g/mol. The van der Waals surface area contributed by atoms with Gasteiger partial charge >= 0.3 is 0 Å². The molecule has 3 nitrogen and oxygen atoms in total. The standard InChI is InChI=1S/C18H26FNO2S/c1-11(2)18(21)7-5-13-4-6-15(10-17(13)19)22-16-8-14(9-16)20-12(3)23/h4,6,10-12,14,16,20,23H,5,7-9H2,1-3H3. The first-order chi connectivity index (χ1) is 10.8. The molecule has 2 rings (SSSR count). The van der Waals surface area contributed by atoms with Gasteiger partial charge in [0, 0.05) is 29.8 Å². The van der Waals surface area contributed by atoms with Crippen LogP contribution in [0.5, 0.6) is 5.75 Å². The Bertz CT molecular complexity index is 542. The molecule has 128 valence electrons. The van der Waals surface area contributed by atoms with E-state index in [1.165, 1.54) is 6.07 Å². The molecule has 0 bridgehead atoms. The van der Waals surface area contributed by atoms with Crippen molar-refractivity contribution in [1.82, 2.24) is 5.32 Å². The Morgan fingerprint density at radius 2 is 2.09 bits per heavy atom. The fourth-order valence-electron chi connectivity index (χ4n) is 2.68. The van der Waals surface area contributed by atoms with Crippen LogP contribution >= 0.6 is 12.6 Å². The number of carbonyl (C=O) groups is 1. The lowest BCUT2D eigenvalue weighted by Gasteiger charge is -2.37. The molecule has 23 heavy (non-hydrogen) atoms. The summed E-state index contributed by atoms with van der Waals surface area (Å²) in [5.41, 5.74) is 0.573. The summed E-state index contributed by atoms with van der Waals surface area (Å²) in [6, 6.07) is 5.37. The molecule has 1 N–H and O–H groups in total. The van der Waals surface area contributed by atoms with Crippen molar-refractivity contribution in [2.24, 2.45) is 5.92 Å². The normalized spacial score (nSPS) is 21.8. The number of hydrogen-bond donors (Lipinski definition) is 2. The molecule has 0 saturated heterocycles. The lowest BCUT2D eigenvalue weighted by molar-refractivity contribution is -0.121. The number of halogens is 1. The van der Waals surface area contributed by atoms with E-state index < -0.39 is 0 Å². The minimum atomic E-state index is -0.294. The Morgan fingerprint density at radius 3 is 2.65 bits per heavy atom. The van der Waals surface area contributed by atoms with E-state index in [0.29, 0.717) is 30.2 Å². The van der Waals surface area contributed by atoms with E-state index in [1.807, 2.05) is 20.8 Å². The summed E-state index contributed by atoms with van der Waals surface area (Å²) in [6.07, 6.45) is 2.78. The molecular formula is C18H26FNO2S. The molecule has 1 aliphatic carbocycles. The van der Waals surface area contributed by atoms with Gasteiger partial charge in [-0.2, -0.15) is 12.6 Å². The topological polar surface area (TPSA) is 38.3 Å². The zero-order valence-corrected chi connectivity index (χ0v) is 14.9. The number of aryl methyl sites for hydroxylation is 1. The smallest absolute Gasteiger partial charge is 0.135 e. The predicted octanol–water partition coefficient (Wildman–Crippen LogP) is 3.76. The van der Waals surface area contributed by atoms with Crippen LogP contribution in [0, 0.1) is 11.7 Å². The van der Waals surface area contributed by atoms with E-state index in [1.54, 1.807) is 12.1 Å². The summed E-state index contributed by atoms with van der Waals surface area (Å²) in [5.74, 6) is 0.429. The quantitative estimate of drug-likeness (QED) is 0.559. The van der Waals surface area contributed by atoms with E-state index >= 15 is 0 Å². The second kappa shape index (κ2) is 8.15. The van der Waals surface area contributed by atoms with Crippen molar-refractivity contribution in [1.29, 1.82) is 0 Å². The van der Waals surface area contributed by atoms with Crippen molar-refractivity contribution in [2.45, 2.75) is 64.0 Å². The first-order valence-electron chi connectivity index (χ1n) is 8.27. The Kier molecular flexibility index (Phi) is 6.48. The van der Waals surface area contributed by atoms with Crippen LogP contribution < -0.4 is 10.1 Å². The molecule has 1 aliphatic rings. The van der Waals surface area contributed by atoms with Crippen molar-refractivity contribution in [3.8, 4) is 5.75 Å². The van der Waals surface area contributed by atoms with Gasteiger partial charge in [-0.25, -0.2) is 4.39 Å². The molecule has 1 atom stereocenters. The van der Waals surface area contributed by atoms with Gasteiger partial charge in [-0.3, -0.25) is 4.79 Å². The summed E-state index contributed by atoms with van der Waals surface area (Å²) in [5, 5.41) is 3.50. The number of Topliss-reactive ketones (excluding diaryl/α,β-unsaturated/α-hetero) is 1. The summed E-state index contributed by atoms with van der Waals surface area (Å²) in [4.78, 5) is 11.6. The van der Waals surface area contributed by atoms with Crippen molar-refractivity contribution < 1.29 is 13.9 Å². The molecule has 0 amide bonds. The third-order valence-corrected chi connectivity index (χ3v) is 4.33. The molecule has 0 spiro atoms. The van der Waals surface area contributed by atoms with Gasteiger partial charge in [0.1, 0.15) is 23.5 Å². The predicted molar refractivity (Wildman–Crippen MR) is 93.6 cm³/mol. The third-order valence-electron chi connectivity index (χ3n) is 4.18. The number of hydrogen-bond acceptors (Lipinski definition) is 4. The van der Waals surface area contributed by atoms with Crippen molar-refractivity contribution >= 4 is 18.4 Å². The van der Waals surface area contributed by atoms with E-state index in [-0.39, 0.29) is 29.0 Å². The first-order valence-corrected chi connectivity index (χ1v) is 8.78. The highest BCUT2D eigenvalue weighted by molar-refractivity contribution is 7.80. The number of rotatable bonds is 8.